The number of hydrogen-bond donors (Lipinski definition) is 2. The lowest BCUT2D eigenvalue weighted by Crippen LogP contribution is -2.38. The average Bonchev–Trinajstić information content (AvgIpc) is 3.31. The minimum absolute atomic E-state index is 0.0239. The molecule has 0 saturated carbocycles. The molecule has 8 nitrogen and oxygen atoms in total. The lowest BCUT2D eigenvalue weighted by molar-refractivity contribution is 0.0210. The van der Waals surface area contributed by atoms with E-state index in [2.05, 4.69) is 21.7 Å². The molecular formula is C27H28FN5O3. The fourth-order valence-electron chi connectivity index (χ4n) is 4.75. The summed E-state index contributed by atoms with van der Waals surface area (Å²) in [5.41, 5.74) is 7.55. The molecule has 3 N–H and O–H groups in total. The highest BCUT2D eigenvalue weighted by molar-refractivity contribution is 6.02. The van der Waals surface area contributed by atoms with Gasteiger partial charge >= 0.3 is 0 Å². The summed E-state index contributed by atoms with van der Waals surface area (Å²) in [6, 6.07) is 13.8. The smallest absolute Gasteiger partial charge is 0.288 e. The number of H-pyrrole nitrogens is 1. The van der Waals surface area contributed by atoms with Crippen molar-refractivity contribution in [3.8, 4) is 22.6 Å². The number of nitrogens with zero attached hydrogens (tertiary/aromatic N) is 3. The second-order valence-corrected chi connectivity index (χ2v) is 8.83. The van der Waals surface area contributed by atoms with Crippen LogP contribution < -0.4 is 16.0 Å². The molecule has 2 aromatic carbocycles. The van der Waals surface area contributed by atoms with E-state index in [0.717, 1.165) is 19.4 Å². The highest BCUT2D eigenvalue weighted by Crippen LogP contribution is 2.37. The minimum atomic E-state index is -0.517. The summed E-state index contributed by atoms with van der Waals surface area (Å²) in [5, 5.41) is 6.98. The molecule has 0 radical (unpaired) electrons. The van der Waals surface area contributed by atoms with Crippen molar-refractivity contribution in [2.45, 2.75) is 18.9 Å². The van der Waals surface area contributed by atoms with E-state index >= 15 is 4.39 Å². The lowest BCUT2D eigenvalue weighted by atomic mass is 10.1. The van der Waals surface area contributed by atoms with Gasteiger partial charge in [-0.1, -0.05) is 30.3 Å². The van der Waals surface area contributed by atoms with Crippen LogP contribution in [0, 0.1) is 5.82 Å². The number of nitrogen functional groups attached to an aromatic ring is 1. The van der Waals surface area contributed by atoms with Crippen molar-refractivity contribution < 1.29 is 13.9 Å². The number of aromatic nitrogens is 3. The Morgan fingerprint density at radius 2 is 2.08 bits per heavy atom. The van der Waals surface area contributed by atoms with Gasteiger partial charge in [-0.25, -0.2) is 9.49 Å². The Morgan fingerprint density at radius 3 is 2.86 bits per heavy atom. The van der Waals surface area contributed by atoms with Crippen LogP contribution in [-0.4, -0.2) is 46.1 Å². The van der Waals surface area contributed by atoms with Gasteiger partial charge < -0.3 is 19.8 Å². The van der Waals surface area contributed by atoms with Crippen molar-refractivity contribution in [3.05, 3.63) is 83.6 Å². The topological polar surface area (TPSA) is 98.4 Å². The van der Waals surface area contributed by atoms with Crippen molar-refractivity contribution >= 4 is 16.7 Å². The Hall–Kier alpha value is -3.95. The van der Waals surface area contributed by atoms with E-state index < -0.39 is 5.82 Å². The van der Waals surface area contributed by atoms with Crippen LogP contribution in [0.2, 0.25) is 0 Å². The molecule has 0 amide bonds. The van der Waals surface area contributed by atoms with E-state index in [-0.39, 0.29) is 23.2 Å². The number of nitrogens with two attached hydrogens (primary N) is 1. The molecule has 1 aliphatic rings. The Labute approximate surface area is 207 Å². The second-order valence-electron chi connectivity index (χ2n) is 8.83. The molecule has 5 rings (SSSR count). The van der Waals surface area contributed by atoms with Gasteiger partial charge in [-0.15, -0.1) is 6.58 Å². The molecular weight excluding hydrogens is 461 g/mol. The summed E-state index contributed by atoms with van der Waals surface area (Å²) in [5.74, 6) is 0.321. The van der Waals surface area contributed by atoms with E-state index in [9.17, 15) is 4.79 Å². The van der Waals surface area contributed by atoms with Crippen molar-refractivity contribution in [2.75, 3.05) is 32.2 Å². The fourth-order valence-corrected chi connectivity index (χ4v) is 4.75. The summed E-state index contributed by atoms with van der Waals surface area (Å²) < 4.78 is 28.4. The first-order valence-corrected chi connectivity index (χ1v) is 11.9. The maximum atomic E-state index is 15.1. The Kier molecular flexibility index (Phi) is 6.84. The van der Waals surface area contributed by atoms with Crippen LogP contribution in [0.5, 0.6) is 11.5 Å². The van der Waals surface area contributed by atoms with Crippen LogP contribution in [-0.2, 0) is 4.74 Å². The minimum Gasteiger partial charge on any atom is -0.454 e. The van der Waals surface area contributed by atoms with Gasteiger partial charge in [0.2, 0.25) is 0 Å². The first-order chi connectivity index (χ1) is 17.5. The van der Waals surface area contributed by atoms with Crippen LogP contribution in [0.3, 0.4) is 0 Å². The molecule has 36 heavy (non-hydrogen) atoms. The fraction of sp³-hybridized carbons (Fsp3) is 0.259. The molecule has 1 aliphatic heterocycles. The number of fused-ring (bicyclic) bond motifs is 1. The first kappa shape index (κ1) is 23.8. The number of benzene rings is 2. The Morgan fingerprint density at radius 1 is 1.25 bits per heavy atom. The van der Waals surface area contributed by atoms with E-state index in [0.29, 0.717) is 47.7 Å². The zero-order valence-electron chi connectivity index (χ0n) is 19.8. The van der Waals surface area contributed by atoms with Gasteiger partial charge in [0.1, 0.15) is 11.3 Å². The van der Waals surface area contributed by atoms with Crippen LogP contribution in [0.1, 0.15) is 18.9 Å². The monoisotopic (exact) mass is 489 g/mol. The number of piperidine rings is 1. The summed E-state index contributed by atoms with van der Waals surface area (Å²) in [6.07, 6.45) is 5.44. The van der Waals surface area contributed by atoms with Crippen LogP contribution in [0.15, 0.2) is 72.2 Å². The van der Waals surface area contributed by atoms with Crippen molar-refractivity contribution in [1.29, 1.82) is 0 Å². The normalized spacial score (nSPS) is 16.3. The van der Waals surface area contributed by atoms with Crippen LogP contribution in [0.25, 0.3) is 22.0 Å². The van der Waals surface area contributed by atoms with E-state index in [1.807, 2.05) is 29.0 Å². The predicted molar refractivity (Wildman–Crippen MR) is 138 cm³/mol. The molecule has 0 spiro atoms. The molecule has 9 heteroatoms. The number of ether oxygens (including phenoxy) is 2. The number of hydrogen-bond acceptors (Lipinski definition) is 6. The highest BCUT2D eigenvalue weighted by atomic mass is 19.1. The predicted octanol–water partition coefficient (Wildman–Crippen LogP) is 4.70. The molecule has 2 aromatic heterocycles. The molecule has 186 valence electrons. The Balaban J connectivity index is 1.52. The van der Waals surface area contributed by atoms with Crippen molar-refractivity contribution in [3.63, 3.8) is 0 Å². The molecule has 1 saturated heterocycles. The number of likely N-dealkylation sites (tertiary alicyclic amines) is 1. The third-order valence-corrected chi connectivity index (χ3v) is 6.38. The third kappa shape index (κ3) is 4.75. The molecule has 1 fully saturated rings. The summed E-state index contributed by atoms with van der Waals surface area (Å²) in [6.45, 7) is 6.27. The van der Waals surface area contributed by atoms with Crippen LogP contribution >= 0.6 is 0 Å². The first-order valence-electron chi connectivity index (χ1n) is 11.9. The molecule has 1 atom stereocenters. The number of aromatic amines is 1. The lowest BCUT2D eigenvalue weighted by Gasteiger charge is -2.33. The standard InChI is InChI=1S/C27H28FN5O3/c1-2-13-35-17-32-12-6-7-19(15-32)33-16-21(24-25(33)27(34)31-30-26(24)29)18-10-11-23(22(28)14-18)36-20-8-4-3-5-9-20/h2-5,8-11,14,16,19H,1,6-7,12-13,15,17H2,(H2,29,30)(H,31,34)/t19-/m1/s1. The highest BCUT2D eigenvalue weighted by Gasteiger charge is 2.26. The van der Waals surface area contributed by atoms with Crippen molar-refractivity contribution in [1.82, 2.24) is 19.7 Å². The number of halogens is 1. The SMILES string of the molecule is C=CCOCN1CCC[C@@H](n2cc(-c3ccc(Oc4ccccc4)c(F)c3)c3c(N)n[nH]c(=O)c32)C1. The van der Waals surface area contributed by atoms with E-state index in [1.165, 1.54) is 6.07 Å². The Bertz CT molecular complexity index is 1430. The number of rotatable bonds is 8. The zero-order chi connectivity index (χ0) is 25.1. The molecule has 3 heterocycles. The summed E-state index contributed by atoms with van der Waals surface area (Å²) >= 11 is 0. The average molecular weight is 490 g/mol. The zero-order valence-corrected chi connectivity index (χ0v) is 19.8. The van der Waals surface area contributed by atoms with Gasteiger partial charge in [0.05, 0.1) is 18.7 Å². The van der Waals surface area contributed by atoms with E-state index in [4.69, 9.17) is 15.2 Å². The summed E-state index contributed by atoms with van der Waals surface area (Å²) in [7, 11) is 0. The maximum absolute atomic E-state index is 15.1. The van der Waals surface area contributed by atoms with E-state index in [1.54, 1.807) is 30.3 Å². The van der Waals surface area contributed by atoms with Gasteiger partial charge in [0.25, 0.3) is 5.56 Å². The third-order valence-electron chi connectivity index (χ3n) is 6.38. The maximum Gasteiger partial charge on any atom is 0.288 e. The largest absolute Gasteiger partial charge is 0.454 e. The number of para-hydroxylation sites is 1. The quantitative estimate of drug-likeness (QED) is 0.275. The summed E-state index contributed by atoms with van der Waals surface area (Å²) in [4.78, 5) is 15.1. The van der Waals surface area contributed by atoms with Crippen molar-refractivity contribution in [2.24, 2.45) is 0 Å². The molecule has 0 aliphatic carbocycles. The number of nitrogens with one attached hydrogen (secondary N) is 1. The van der Waals surface area contributed by atoms with Gasteiger partial charge in [0, 0.05) is 30.9 Å². The molecule has 0 bridgehead atoms. The molecule has 0 unspecified atom stereocenters. The van der Waals surface area contributed by atoms with Gasteiger partial charge in [-0.2, -0.15) is 5.10 Å². The van der Waals surface area contributed by atoms with Crippen LogP contribution in [0.4, 0.5) is 10.2 Å². The molecule has 4 aromatic rings. The van der Waals surface area contributed by atoms with Gasteiger partial charge in [-0.05, 0) is 42.7 Å². The van der Waals surface area contributed by atoms with Gasteiger partial charge in [-0.3, -0.25) is 9.69 Å². The second kappa shape index (κ2) is 10.3. The number of anilines is 1. The van der Waals surface area contributed by atoms with Gasteiger partial charge in [0.15, 0.2) is 17.4 Å².